The molecule has 2 aliphatic rings. The summed E-state index contributed by atoms with van der Waals surface area (Å²) < 4.78 is 10.5. The van der Waals surface area contributed by atoms with Crippen molar-refractivity contribution in [2.24, 2.45) is 11.8 Å². The molecule has 6 heteroatoms. The summed E-state index contributed by atoms with van der Waals surface area (Å²) in [6.45, 7) is 3.05. The number of carbonyl (C=O) groups excluding carboxylic acids is 2. The molecule has 1 aliphatic heterocycles. The van der Waals surface area contributed by atoms with Crippen LogP contribution in [0.5, 0.6) is 11.5 Å². The lowest BCUT2D eigenvalue weighted by Crippen LogP contribution is -2.34. The number of fused-ring (bicyclic) bond motifs is 1. The first-order valence-electron chi connectivity index (χ1n) is 11.0. The van der Waals surface area contributed by atoms with Gasteiger partial charge in [0.1, 0.15) is 11.5 Å². The van der Waals surface area contributed by atoms with Crippen LogP contribution in [0.4, 0.5) is 4.79 Å². The average Bonchev–Trinajstić information content (AvgIpc) is 3.10. The Hall–Kier alpha value is -2.86. The first-order valence-corrected chi connectivity index (χ1v) is 11.0. The van der Waals surface area contributed by atoms with Gasteiger partial charge < -0.3 is 14.8 Å². The Bertz CT molecular complexity index is 950. The smallest absolute Gasteiger partial charge is 0.412 e. The Morgan fingerprint density at radius 1 is 1.13 bits per heavy atom. The summed E-state index contributed by atoms with van der Waals surface area (Å²) in [6.07, 6.45) is 3.44. The van der Waals surface area contributed by atoms with Gasteiger partial charge in [0.2, 0.25) is 0 Å². The topological polar surface area (TPSA) is 67.9 Å². The maximum atomic E-state index is 13.0. The highest BCUT2D eigenvalue weighted by Crippen LogP contribution is 2.35. The second-order valence-electron chi connectivity index (χ2n) is 8.53. The number of nitrogens with zero attached hydrogens (tertiary/aromatic N) is 1. The quantitative estimate of drug-likeness (QED) is 0.760. The standard InChI is InChI=1S/C25H30N2O4/c1-26-25(29)31-22-7-6-19-14-20(24(28)23(19)15-22)12-17-8-10-27(11-9-17)16-18-4-3-5-21(13-18)30-2/h3-7,13,15,17,20H,8-12,14,16H2,1-2H3,(H,26,29). The minimum atomic E-state index is -0.525. The van der Waals surface area contributed by atoms with Crippen LogP contribution in [-0.4, -0.2) is 44.0 Å². The van der Waals surface area contributed by atoms with Crippen LogP contribution in [0.2, 0.25) is 0 Å². The van der Waals surface area contributed by atoms with Crippen LogP contribution < -0.4 is 14.8 Å². The Morgan fingerprint density at radius 2 is 1.94 bits per heavy atom. The van der Waals surface area contributed by atoms with Crippen molar-refractivity contribution < 1.29 is 19.1 Å². The molecule has 1 amide bonds. The summed E-state index contributed by atoms with van der Waals surface area (Å²) >= 11 is 0. The highest BCUT2D eigenvalue weighted by molar-refractivity contribution is 6.02. The van der Waals surface area contributed by atoms with Gasteiger partial charge in [-0.1, -0.05) is 18.2 Å². The van der Waals surface area contributed by atoms with Gasteiger partial charge in [-0.2, -0.15) is 0 Å². The first kappa shape index (κ1) is 21.4. The Kier molecular flexibility index (Phi) is 6.56. The van der Waals surface area contributed by atoms with Gasteiger partial charge in [-0.3, -0.25) is 9.69 Å². The summed E-state index contributed by atoms with van der Waals surface area (Å²) in [4.78, 5) is 26.9. The number of benzene rings is 2. The highest BCUT2D eigenvalue weighted by Gasteiger charge is 2.33. The first-order chi connectivity index (χ1) is 15.1. The van der Waals surface area contributed by atoms with Crippen LogP contribution in [0.1, 0.15) is 40.7 Å². The van der Waals surface area contributed by atoms with E-state index in [4.69, 9.17) is 9.47 Å². The third-order valence-electron chi connectivity index (χ3n) is 6.46. The highest BCUT2D eigenvalue weighted by atomic mass is 16.5. The Labute approximate surface area is 183 Å². The van der Waals surface area contributed by atoms with Gasteiger partial charge in [-0.05, 0) is 80.1 Å². The Balaban J connectivity index is 1.29. The maximum absolute atomic E-state index is 13.0. The SMILES string of the molecule is CNC(=O)Oc1ccc2c(c1)C(=O)C(CC1CCN(Cc3cccc(OC)c3)CC1)C2. The van der Waals surface area contributed by atoms with E-state index in [9.17, 15) is 9.59 Å². The van der Waals surface area contributed by atoms with E-state index in [1.165, 1.54) is 12.6 Å². The number of nitrogens with one attached hydrogen (secondary N) is 1. The molecule has 0 saturated carbocycles. The largest absolute Gasteiger partial charge is 0.497 e. The van der Waals surface area contributed by atoms with Crippen LogP contribution in [0.15, 0.2) is 42.5 Å². The second kappa shape index (κ2) is 9.52. The number of rotatable bonds is 6. The number of piperidine rings is 1. The fourth-order valence-electron chi connectivity index (χ4n) is 4.76. The predicted molar refractivity (Wildman–Crippen MR) is 119 cm³/mol. The average molecular weight is 423 g/mol. The van der Waals surface area contributed by atoms with E-state index in [1.807, 2.05) is 18.2 Å². The molecule has 1 heterocycles. The minimum absolute atomic E-state index is 0.0418. The molecule has 1 aliphatic carbocycles. The molecule has 1 atom stereocenters. The lowest BCUT2D eigenvalue weighted by atomic mass is 9.85. The maximum Gasteiger partial charge on any atom is 0.412 e. The number of likely N-dealkylation sites (tertiary alicyclic amines) is 1. The molecular weight excluding hydrogens is 392 g/mol. The number of hydrogen-bond acceptors (Lipinski definition) is 5. The van der Waals surface area contributed by atoms with E-state index >= 15 is 0 Å². The number of amides is 1. The molecule has 1 saturated heterocycles. The van der Waals surface area contributed by atoms with Gasteiger partial charge >= 0.3 is 6.09 Å². The van der Waals surface area contributed by atoms with Crippen LogP contribution >= 0.6 is 0 Å². The zero-order valence-electron chi connectivity index (χ0n) is 18.2. The van der Waals surface area contributed by atoms with Crippen LogP contribution in [-0.2, 0) is 13.0 Å². The molecule has 1 N–H and O–H groups in total. The number of ketones is 1. The summed E-state index contributed by atoms with van der Waals surface area (Å²) in [6, 6.07) is 13.6. The van der Waals surface area contributed by atoms with Crippen molar-refractivity contribution in [2.45, 2.75) is 32.2 Å². The molecule has 2 aromatic carbocycles. The zero-order chi connectivity index (χ0) is 21.8. The predicted octanol–water partition coefficient (Wildman–Crippen LogP) is 4.07. The van der Waals surface area contributed by atoms with Gasteiger partial charge in [0.15, 0.2) is 5.78 Å². The fourth-order valence-corrected chi connectivity index (χ4v) is 4.76. The van der Waals surface area contributed by atoms with Crippen molar-refractivity contribution in [3.63, 3.8) is 0 Å². The molecule has 2 aromatic rings. The lowest BCUT2D eigenvalue weighted by Gasteiger charge is -2.33. The molecule has 164 valence electrons. The molecule has 1 unspecified atom stereocenters. The molecule has 0 spiro atoms. The van der Waals surface area contributed by atoms with E-state index in [0.717, 1.165) is 56.6 Å². The molecule has 0 radical (unpaired) electrons. The third-order valence-corrected chi connectivity index (χ3v) is 6.46. The van der Waals surface area contributed by atoms with Crippen molar-refractivity contribution in [3.05, 3.63) is 59.2 Å². The van der Waals surface area contributed by atoms with E-state index < -0.39 is 6.09 Å². The third kappa shape index (κ3) is 5.07. The molecule has 1 fully saturated rings. The van der Waals surface area contributed by atoms with Gasteiger partial charge in [0, 0.05) is 25.1 Å². The summed E-state index contributed by atoms with van der Waals surface area (Å²) in [5.41, 5.74) is 3.05. The normalized spacial score (nSPS) is 19.2. The molecule has 0 bridgehead atoms. The number of methoxy groups -OCH3 is 1. The van der Waals surface area contributed by atoms with E-state index in [2.05, 4.69) is 22.3 Å². The summed E-state index contributed by atoms with van der Waals surface area (Å²) in [5, 5.41) is 2.42. The van der Waals surface area contributed by atoms with Gasteiger partial charge in [0.05, 0.1) is 7.11 Å². The van der Waals surface area contributed by atoms with E-state index in [1.54, 1.807) is 19.2 Å². The van der Waals surface area contributed by atoms with Gasteiger partial charge in [-0.25, -0.2) is 4.79 Å². The van der Waals surface area contributed by atoms with Gasteiger partial charge in [0.25, 0.3) is 0 Å². The number of Topliss-reactive ketones (excluding diaryl/α,β-unsaturated/α-hetero) is 1. The monoisotopic (exact) mass is 422 g/mol. The summed E-state index contributed by atoms with van der Waals surface area (Å²) in [7, 11) is 3.21. The second-order valence-corrected chi connectivity index (χ2v) is 8.53. The Morgan fingerprint density at radius 3 is 2.68 bits per heavy atom. The molecular formula is C25H30N2O4. The van der Waals surface area contributed by atoms with Crippen molar-refractivity contribution in [1.82, 2.24) is 10.2 Å². The van der Waals surface area contributed by atoms with Gasteiger partial charge in [-0.15, -0.1) is 0 Å². The fraction of sp³-hybridized carbons (Fsp3) is 0.440. The van der Waals surface area contributed by atoms with Crippen LogP contribution in [0.3, 0.4) is 0 Å². The zero-order valence-corrected chi connectivity index (χ0v) is 18.2. The molecule has 6 nitrogen and oxygen atoms in total. The van der Waals surface area contributed by atoms with E-state index in [-0.39, 0.29) is 11.7 Å². The van der Waals surface area contributed by atoms with Crippen molar-refractivity contribution in [2.75, 3.05) is 27.2 Å². The van der Waals surface area contributed by atoms with E-state index in [0.29, 0.717) is 17.2 Å². The molecule has 4 rings (SSSR count). The number of ether oxygens (including phenoxy) is 2. The number of hydrogen-bond donors (Lipinski definition) is 1. The number of carbonyl (C=O) groups is 2. The summed E-state index contributed by atoms with van der Waals surface area (Å²) in [5.74, 6) is 2.12. The minimum Gasteiger partial charge on any atom is -0.497 e. The lowest BCUT2D eigenvalue weighted by molar-refractivity contribution is 0.0895. The van der Waals surface area contributed by atoms with Crippen LogP contribution in [0.25, 0.3) is 0 Å². The van der Waals surface area contributed by atoms with Crippen molar-refractivity contribution in [3.8, 4) is 11.5 Å². The molecule has 0 aromatic heterocycles. The molecule has 31 heavy (non-hydrogen) atoms. The van der Waals surface area contributed by atoms with Crippen LogP contribution in [0, 0.1) is 11.8 Å². The van der Waals surface area contributed by atoms with Crippen molar-refractivity contribution >= 4 is 11.9 Å². The van der Waals surface area contributed by atoms with Crippen molar-refractivity contribution in [1.29, 1.82) is 0 Å².